The Kier molecular flexibility index (Phi) is 5.31. The van der Waals surface area contributed by atoms with Crippen LogP contribution in [-0.4, -0.2) is 20.4 Å². The maximum atomic E-state index is 12.3. The van der Waals surface area contributed by atoms with E-state index in [9.17, 15) is 4.79 Å². The van der Waals surface area contributed by atoms with Crippen LogP contribution in [0.25, 0.3) is 21.9 Å². The third kappa shape index (κ3) is 3.81. The number of rotatable bonds is 7. The van der Waals surface area contributed by atoms with Crippen molar-refractivity contribution in [1.29, 1.82) is 0 Å². The average Bonchev–Trinajstić information content (AvgIpc) is 2.99. The molecular formula is C20H26N4O. The fourth-order valence-electron chi connectivity index (χ4n) is 3.13. The van der Waals surface area contributed by atoms with E-state index in [0.29, 0.717) is 18.2 Å². The molecule has 0 bridgehead atoms. The highest BCUT2D eigenvalue weighted by Crippen LogP contribution is 2.29. The van der Waals surface area contributed by atoms with Gasteiger partial charge in [0.25, 0.3) is 0 Å². The first-order chi connectivity index (χ1) is 12.1. The third-order valence-corrected chi connectivity index (χ3v) is 4.28. The molecule has 2 aromatic heterocycles. The van der Waals surface area contributed by atoms with Gasteiger partial charge in [0, 0.05) is 18.4 Å². The molecule has 3 aromatic rings. The molecule has 0 radical (unpaired) electrons. The van der Waals surface area contributed by atoms with Gasteiger partial charge in [0.2, 0.25) is 5.91 Å². The van der Waals surface area contributed by atoms with E-state index in [1.165, 1.54) is 0 Å². The zero-order valence-electron chi connectivity index (χ0n) is 15.2. The van der Waals surface area contributed by atoms with Gasteiger partial charge in [-0.3, -0.25) is 4.79 Å². The Morgan fingerprint density at radius 2 is 2.04 bits per heavy atom. The Balaban J connectivity index is 2.03. The van der Waals surface area contributed by atoms with Crippen LogP contribution in [0.15, 0.2) is 30.6 Å². The molecule has 0 atom stereocenters. The van der Waals surface area contributed by atoms with Gasteiger partial charge < -0.3 is 9.88 Å². The highest BCUT2D eigenvalue weighted by molar-refractivity contribution is 6.09. The minimum Gasteiger partial charge on any atom is -0.330 e. The normalized spacial score (nSPS) is 11.5. The predicted molar refractivity (Wildman–Crippen MR) is 103 cm³/mol. The van der Waals surface area contributed by atoms with Crippen LogP contribution in [0.2, 0.25) is 0 Å². The lowest BCUT2D eigenvalue weighted by Crippen LogP contribution is -2.13. The van der Waals surface area contributed by atoms with Crippen molar-refractivity contribution in [3.05, 3.63) is 30.6 Å². The number of amides is 1. The first-order valence-corrected chi connectivity index (χ1v) is 9.13. The lowest BCUT2D eigenvalue weighted by atomic mass is 10.1. The third-order valence-electron chi connectivity index (χ3n) is 4.28. The van der Waals surface area contributed by atoms with Crippen molar-refractivity contribution in [1.82, 2.24) is 14.5 Å². The number of hydrogen-bond donors (Lipinski definition) is 1. The molecule has 1 N–H and O–H groups in total. The molecule has 0 aliphatic rings. The second kappa shape index (κ2) is 7.64. The molecule has 132 valence electrons. The van der Waals surface area contributed by atoms with Crippen molar-refractivity contribution >= 4 is 33.7 Å². The summed E-state index contributed by atoms with van der Waals surface area (Å²) in [5, 5.41) is 4.05. The van der Waals surface area contributed by atoms with Crippen LogP contribution in [-0.2, 0) is 11.3 Å². The Bertz CT molecular complexity index is 882. The number of benzene rings is 1. The smallest absolute Gasteiger partial charge is 0.225 e. The van der Waals surface area contributed by atoms with Gasteiger partial charge in [-0.1, -0.05) is 51.8 Å². The summed E-state index contributed by atoms with van der Waals surface area (Å²) in [5.41, 5.74) is 2.69. The zero-order valence-corrected chi connectivity index (χ0v) is 15.2. The number of aromatic nitrogens is 3. The van der Waals surface area contributed by atoms with Crippen molar-refractivity contribution in [3.63, 3.8) is 0 Å². The van der Waals surface area contributed by atoms with Crippen molar-refractivity contribution in [2.45, 2.75) is 53.0 Å². The predicted octanol–water partition coefficient (Wildman–Crippen LogP) is 4.76. The molecule has 0 fully saturated rings. The highest BCUT2D eigenvalue weighted by atomic mass is 16.1. The summed E-state index contributed by atoms with van der Waals surface area (Å²) < 4.78 is 2.16. The molecular weight excluding hydrogens is 312 g/mol. The molecule has 0 aliphatic heterocycles. The number of pyridine rings is 1. The maximum absolute atomic E-state index is 12.3. The molecule has 0 saturated carbocycles. The maximum Gasteiger partial charge on any atom is 0.225 e. The van der Waals surface area contributed by atoms with Crippen molar-refractivity contribution < 1.29 is 4.79 Å². The Labute approximate surface area is 148 Å². The van der Waals surface area contributed by atoms with Crippen LogP contribution in [0.5, 0.6) is 0 Å². The second-order valence-electron chi connectivity index (χ2n) is 6.97. The van der Waals surface area contributed by atoms with E-state index in [4.69, 9.17) is 0 Å². The van der Waals surface area contributed by atoms with Crippen molar-refractivity contribution in [3.8, 4) is 0 Å². The van der Waals surface area contributed by atoms with E-state index in [2.05, 4.69) is 46.7 Å². The minimum atomic E-state index is 0.0101. The number of anilines is 1. The van der Waals surface area contributed by atoms with Gasteiger partial charge in [0.15, 0.2) is 5.82 Å². The number of nitrogens with zero attached hydrogens (tertiary/aromatic N) is 3. The van der Waals surface area contributed by atoms with Crippen molar-refractivity contribution in [2.75, 3.05) is 5.32 Å². The molecule has 1 amide bonds. The van der Waals surface area contributed by atoms with E-state index < -0.39 is 0 Å². The van der Waals surface area contributed by atoms with Gasteiger partial charge in [0.05, 0.1) is 17.4 Å². The topological polar surface area (TPSA) is 59.8 Å². The Hall–Kier alpha value is -2.43. The number of carbonyl (C=O) groups excluding carboxylic acids is 1. The van der Waals surface area contributed by atoms with Gasteiger partial charge in [-0.2, -0.15) is 0 Å². The number of nitrogens with one attached hydrogen (secondary N) is 1. The summed E-state index contributed by atoms with van der Waals surface area (Å²) in [7, 11) is 0. The van der Waals surface area contributed by atoms with E-state index in [1.807, 2.05) is 24.5 Å². The van der Waals surface area contributed by atoms with Gasteiger partial charge in [-0.25, -0.2) is 9.97 Å². The Morgan fingerprint density at radius 1 is 1.24 bits per heavy atom. The fourth-order valence-corrected chi connectivity index (χ4v) is 3.13. The van der Waals surface area contributed by atoms with Gasteiger partial charge in [-0.15, -0.1) is 0 Å². The molecule has 5 heteroatoms. The van der Waals surface area contributed by atoms with E-state index in [-0.39, 0.29) is 5.91 Å². The zero-order chi connectivity index (χ0) is 17.8. The van der Waals surface area contributed by atoms with E-state index in [0.717, 1.165) is 47.7 Å². The number of unbranched alkanes of at least 4 members (excludes halogenated alkanes) is 2. The molecule has 0 unspecified atom stereocenters. The average molecular weight is 338 g/mol. The van der Waals surface area contributed by atoms with Crippen molar-refractivity contribution in [2.24, 2.45) is 5.92 Å². The molecule has 0 spiro atoms. The largest absolute Gasteiger partial charge is 0.330 e. The van der Waals surface area contributed by atoms with Gasteiger partial charge >= 0.3 is 0 Å². The number of fused-ring (bicyclic) bond motifs is 3. The van der Waals surface area contributed by atoms with Gasteiger partial charge in [0.1, 0.15) is 5.52 Å². The van der Waals surface area contributed by atoms with Crippen LogP contribution in [0, 0.1) is 5.92 Å². The summed E-state index contributed by atoms with van der Waals surface area (Å²) in [6.07, 6.45) is 5.45. The molecule has 0 saturated heterocycles. The monoisotopic (exact) mass is 338 g/mol. The number of para-hydroxylation sites is 1. The second-order valence-corrected chi connectivity index (χ2v) is 6.97. The summed E-state index contributed by atoms with van der Waals surface area (Å²) in [6, 6.07) is 8.03. The lowest BCUT2D eigenvalue weighted by molar-refractivity contribution is -0.116. The summed E-state index contributed by atoms with van der Waals surface area (Å²) in [5.74, 6) is 1.09. The molecule has 25 heavy (non-hydrogen) atoms. The summed E-state index contributed by atoms with van der Waals surface area (Å²) in [4.78, 5) is 21.5. The first kappa shape index (κ1) is 17.4. The van der Waals surface area contributed by atoms with Crippen LogP contribution >= 0.6 is 0 Å². The number of hydrogen-bond acceptors (Lipinski definition) is 3. The van der Waals surface area contributed by atoms with Crippen LogP contribution in [0.3, 0.4) is 0 Å². The Morgan fingerprint density at radius 3 is 2.80 bits per heavy atom. The molecule has 0 aliphatic carbocycles. The van der Waals surface area contributed by atoms with Crippen LogP contribution in [0.1, 0.15) is 46.5 Å². The summed E-state index contributed by atoms with van der Waals surface area (Å²) >= 11 is 0. The first-order valence-electron chi connectivity index (χ1n) is 9.13. The van der Waals surface area contributed by atoms with E-state index >= 15 is 0 Å². The van der Waals surface area contributed by atoms with E-state index in [1.54, 1.807) is 0 Å². The highest BCUT2D eigenvalue weighted by Gasteiger charge is 2.16. The molecule has 2 heterocycles. The van der Waals surface area contributed by atoms with Crippen LogP contribution in [0.4, 0.5) is 5.82 Å². The van der Waals surface area contributed by atoms with Crippen LogP contribution < -0.4 is 5.32 Å². The van der Waals surface area contributed by atoms with Gasteiger partial charge in [-0.05, 0) is 18.4 Å². The molecule has 1 aromatic carbocycles. The number of imidazole rings is 1. The number of carbonyl (C=O) groups is 1. The SMILES string of the molecule is CCCCCC(=O)Nc1nc2ccccc2c2c1ncn2CC(C)C. The quantitative estimate of drug-likeness (QED) is 0.632. The lowest BCUT2D eigenvalue weighted by Gasteiger charge is -2.11. The minimum absolute atomic E-state index is 0.0101. The standard InChI is InChI=1S/C20H26N4O/c1-4-5-6-11-17(25)23-20-18-19(24(13-21-18)12-14(2)3)15-9-7-8-10-16(15)22-20/h7-10,13-14H,4-6,11-12H2,1-3H3,(H,22,23,25). The molecule has 5 nitrogen and oxygen atoms in total. The summed E-state index contributed by atoms with van der Waals surface area (Å²) in [6.45, 7) is 7.39. The molecule has 3 rings (SSSR count). The fraction of sp³-hybridized carbons (Fsp3) is 0.450.